The molecular formula is C22H21FN4O2. The van der Waals surface area contributed by atoms with E-state index in [2.05, 4.69) is 15.5 Å². The summed E-state index contributed by atoms with van der Waals surface area (Å²) in [4.78, 5) is 30.2. The minimum Gasteiger partial charge on any atom is -0.273 e. The second-order valence-electron chi connectivity index (χ2n) is 8.15. The maximum Gasteiger partial charge on any atom is 0.294 e. The van der Waals surface area contributed by atoms with Gasteiger partial charge in [-0.2, -0.15) is 4.39 Å². The maximum atomic E-state index is 13.2. The third kappa shape index (κ3) is 3.30. The fraction of sp³-hybridized carbons (Fsp3) is 0.364. The van der Waals surface area contributed by atoms with Crippen molar-refractivity contribution in [3.05, 3.63) is 58.9 Å². The molecule has 0 saturated heterocycles. The van der Waals surface area contributed by atoms with E-state index in [4.69, 9.17) is 0 Å². The number of fused-ring (bicyclic) bond motifs is 3. The summed E-state index contributed by atoms with van der Waals surface area (Å²) in [6.45, 7) is 0. The molecule has 0 aliphatic heterocycles. The highest BCUT2D eigenvalue weighted by atomic mass is 19.1. The number of pyridine rings is 1. The van der Waals surface area contributed by atoms with Crippen LogP contribution < -0.4 is 11.0 Å². The van der Waals surface area contributed by atoms with Gasteiger partial charge in [0.25, 0.3) is 5.56 Å². The number of halogens is 1. The molecule has 3 atom stereocenters. The minimum absolute atomic E-state index is 0.199. The van der Waals surface area contributed by atoms with Crippen LogP contribution >= 0.6 is 0 Å². The molecular weight excluding hydrogens is 371 g/mol. The van der Waals surface area contributed by atoms with Crippen molar-refractivity contribution in [2.45, 2.75) is 32.1 Å². The van der Waals surface area contributed by atoms with E-state index in [0.717, 1.165) is 17.1 Å². The smallest absolute Gasteiger partial charge is 0.273 e. The summed E-state index contributed by atoms with van der Waals surface area (Å²) in [6.07, 6.45) is 6.60. The molecule has 1 amide bonds. The van der Waals surface area contributed by atoms with E-state index in [0.29, 0.717) is 40.3 Å². The maximum absolute atomic E-state index is 13.2. The number of carbonyl (C=O) groups is 1. The van der Waals surface area contributed by atoms with Gasteiger partial charge in [-0.15, -0.1) is 9.89 Å². The zero-order valence-corrected chi connectivity index (χ0v) is 15.8. The van der Waals surface area contributed by atoms with Gasteiger partial charge in [0.15, 0.2) is 0 Å². The van der Waals surface area contributed by atoms with Crippen LogP contribution in [0.15, 0.2) is 47.4 Å². The van der Waals surface area contributed by atoms with Crippen LogP contribution in [0.4, 0.5) is 4.39 Å². The van der Waals surface area contributed by atoms with Crippen molar-refractivity contribution in [1.29, 1.82) is 0 Å². The standard InChI is InChI=1S/C22H21FN4O2/c23-19-8-7-15(12-24-19)21-17-3-1-2-4-18(17)22(29)27(26-21)25-20(28)11-16-10-13-5-6-14(16)9-13/h1-4,7-8,12-14,16H,5-6,9-11H2,(H,25,28). The van der Waals surface area contributed by atoms with Crippen LogP contribution in [0.25, 0.3) is 22.0 Å². The zero-order valence-electron chi connectivity index (χ0n) is 15.8. The lowest BCUT2D eigenvalue weighted by Crippen LogP contribution is -2.36. The first-order valence-corrected chi connectivity index (χ1v) is 10.0. The van der Waals surface area contributed by atoms with Crippen LogP contribution in [0.2, 0.25) is 0 Å². The quantitative estimate of drug-likeness (QED) is 0.690. The molecule has 29 heavy (non-hydrogen) atoms. The highest BCUT2D eigenvalue weighted by molar-refractivity contribution is 5.94. The highest BCUT2D eigenvalue weighted by Crippen LogP contribution is 2.49. The molecule has 2 aromatic heterocycles. The van der Waals surface area contributed by atoms with Gasteiger partial charge < -0.3 is 0 Å². The molecule has 6 nitrogen and oxygen atoms in total. The van der Waals surface area contributed by atoms with Crippen molar-refractivity contribution in [2.75, 3.05) is 5.43 Å². The van der Waals surface area contributed by atoms with Crippen molar-refractivity contribution in [3.8, 4) is 11.3 Å². The van der Waals surface area contributed by atoms with Gasteiger partial charge in [0, 0.05) is 23.6 Å². The van der Waals surface area contributed by atoms with Crippen LogP contribution in [0.1, 0.15) is 32.1 Å². The van der Waals surface area contributed by atoms with E-state index in [1.807, 2.05) is 6.07 Å². The van der Waals surface area contributed by atoms with Crippen molar-refractivity contribution in [1.82, 2.24) is 14.9 Å². The fourth-order valence-electron chi connectivity index (χ4n) is 5.02. The first-order valence-electron chi connectivity index (χ1n) is 10.0. The molecule has 2 aliphatic rings. The molecule has 2 fully saturated rings. The summed E-state index contributed by atoms with van der Waals surface area (Å²) in [5.41, 5.74) is 3.32. The van der Waals surface area contributed by atoms with Gasteiger partial charge in [-0.3, -0.25) is 9.59 Å². The molecule has 148 valence electrons. The van der Waals surface area contributed by atoms with Crippen molar-refractivity contribution in [2.24, 2.45) is 17.8 Å². The minimum atomic E-state index is -0.592. The number of rotatable bonds is 4. The lowest BCUT2D eigenvalue weighted by molar-refractivity contribution is -0.118. The van der Waals surface area contributed by atoms with E-state index >= 15 is 0 Å². The lowest BCUT2D eigenvalue weighted by atomic mass is 9.86. The number of amides is 1. The van der Waals surface area contributed by atoms with Gasteiger partial charge in [0.1, 0.15) is 5.69 Å². The van der Waals surface area contributed by atoms with Crippen molar-refractivity contribution in [3.63, 3.8) is 0 Å². The normalized spacial score (nSPS) is 22.9. The van der Waals surface area contributed by atoms with Gasteiger partial charge in [-0.05, 0) is 55.2 Å². The van der Waals surface area contributed by atoms with Crippen LogP contribution in [0.3, 0.4) is 0 Å². The Morgan fingerprint density at radius 3 is 2.66 bits per heavy atom. The average molecular weight is 392 g/mol. The lowest BCUT2D eigenvalue weighted by Gasteiger charge is -2.21. The van der Waals surface area contributed by atoms with Crippen molar-refractivity contribution < 1.29 is 9.18 Å². The Morgan fingerprint density at radius 2 is 1.97 bits per heavy atom. The molecule has 3 unspecified atom stereocenters. The summed E-state index contributed by atoms with van der Waals surface area (Å²) in [7, 11) is 0. The van der Waals surface area contributed by atoms with Gasteiger partial charge in [-0.25, -0.2) is 10.4 Å². The SMILES string of the molecule is O=C(CC1CC2CCC1C2)Nn1nc(-c2ccc(F)nc2)c2ccccc2c1=O. The predicted octanol–water partition coefficient (Wildman–Crippen LogP) is 3.49. The summed E-state index contributed by atoms with van der Waals surface area (Å²) in [6, 6.07) is 9.85. The number of hydrogen-bond acceptors (Lipinski definition) is 4. The first-order chi connectivity index (χ1) is 14.1. The molecule has 1 N–H and O–H groups in total. The van der Waals surface area contributed by atoms with Crippen LogP contribution in [-0.4, -0.2) is 20.8 Å². The molecule has 2 aliphatic carbocycles. The van der Waals surface area contributed by atoms with E-state index in [-0.39, 0.29) is 11.5 Å². The fourth-order valence-corrected chi connectivity index (χ4v) is 5.02. The second-order valence-corrected chi connectivity index (χ2v) is 8.15. The third-order valence-electron chi connectivity index (χ3n) is 6.37. The van der Waals surface area contributed by atoms with Crippen LogP contribution in [0, 0.1) is 23.7 Å². The Kier molecular flexibility index (Phi) is 4.38. The molecule has 3 aromatic rings. The Morgan fingerprint density at radius 1 is 1.14 bits per heavy atom. The van der Waals surface area contributed by atoms with Crippen LogP contribution in [-0.2, 0) is 4.79 Å². The zero-order chi connectivity index (χ0) is 20.0. The molecule has 0 radical (unpaired) electrons. The number of nitrogens with zero attached hydrogens (tertiary/aromatic N) is 3. The van der Waals surface area contributed by atoms with E-state index < -0.39 is 5.95 Å². The first kappa shape index (κ1) is 18.0. The molecule has 2 bridgehead atoms. The number of hydrogen-bond donors (Lipinski definition) is 1. The summed E-state index contributed by atoms with van der Waals surface area (Å²) in [5, 5.41) is 5.43. The number of benzene rings is 1. The van der Waals surface area contributed by atoms with Gasteiger partial charge in [-0.1, -0.05) is 24.6 Å². The van der Waals surface area contributed by atoms with Crippen molar-refractivity contribution >= 4 is 16.7 Å². The Bertz CT molecular complexity index is 1140. The summed E-state index contributed by atoms with van der Waals surface area (Å²) < 4.78 is 13.2. The molecule has 2 saturated carbocycles. The Balaban J connectivity index is 1.48. The molecule has 1 aromatic carbocycles. The third-order valence-corrected chi connectivity index (χ3v) is 6.37. The number of aromatic nitrogens is 3. The monoisotopic (exact) mass is 392 g/mol. The summed E-state index contributed by atoms with van der Waals surface area (Å²) in [5.74, 6) is 0.997. The molecule has 2 heterocycles. The predicted molar refractivity (Wildman–Crippen MR) is 107 cm³/mol. The van der Waals surface area contributed by atoms with Gasteiger partial charge >= 0.3 is 0 Å². The van der Waals surface area contributed by atoms with E-state index in [9.17, 15) is 14.0 Å². The van der Waals surface area contributed by atoms with Gasteiger partial charge in [0.2, 0.25) is 11.9 Å². The highest BCUT2D eigenvalue weighted by Gasteiger charge is 2.40. The number of nitrogens with one attached hydrogen (secondary N) is 1. The Labute approximate surface area is 166 Å². The largest absolute Gasteiger partial charge is 0.294 e. The summed E-state index contributed by atoms with van der Waals surface area (Å²) >= 11 is 0. The van der Waals surface area contributed by atoms with E-state index in [1.165, 1.54) is 31.5 Å². The Hall–Kier alpha value is -3.09. The second kappa shape index (κ2) is 7.06. The topological polar surface area (TPSA) is 76.9 Å². The van der Waals surface area contributed by atoms with Crippen LogP contribution in [0.5, 0.6) is 0 Å². The molecule has 5 rings (SSSR count). The number of carbonyl (C=O) groups excluding carboxylic acids is 1. The average Bonchev–Trinajstić information content (AvgIpc) is 3.34. The van der Waals surface area contributed by atoms with Gasteiger partial charge in [0.05, 0.1) is 5.39 Å². The van der Waals surface area contributed by atoms with E-state index in [1.54, 1.807) is 24.3 Å². The molecule has 0 spiro atoms. The molecule has 7 heteroatoms.